The van der Waals surface area contributed by atoms with Gasteiger partial charge < -0.3 is 10.1 Å². The fourth-order valence-electron chi connectivity index (χ4n) is 1.63. The number of carbonyl (C=O) groups is 3. The van der Waals surface area contributed by atoms with Crippen LogP contribution in [-0.4, -0.2) is 35.8 Å². The minimum atomic E-state index is -1.04. The van der Waals surface area contributed by atoms with Crippen LogP contribution < -0.4 is 10.6 Å². The summed E-state index contributed by atoms with van der Waals surface area (Å²) in [5.74, 6) is -0.702. The molecule has 0 aliphatic rings. The van der Waals surface area contributed by atoms with Crippen LogP contribution in [0.5, 0.6) is 0 Å². The molecule has 1 atom stereocenters. The van der Waals surface area contributed by atoms with Crippen LogP contribution in [-0.2, 0) is 14.3 Å². The van der Waals surface area contributed by atoms with Crippen LogP contribution in [0.3, 0.4) is 0 Å². The number of imide groups is 1. The van der Waals surface area contributed by atoms with Gasteiger partial charge >= 0.3 is 12.0 Å². The van der Waals surface area contributed by atoms with Crippen molar-refractivity contribution in [2.45, 2.75) is 44.2 Å². The summed E-state index contributed by atoms with van der Waals surface area (Å²) in [7, 11) is 0. The topological polar surface area (TPSA) is 84.5 Å². The highest BCUT2D eigenvalue weighted by Crippen LogP contribution is 2.26. The summed E-state index contributed by atoms with van der Waals surface area (Å²) in [6, 6.07) is 6.61. The van der Waals surface area contributed by atoms with Crippen molar-refractivity contribution in [2.75, 3.05) is 5.75 Å². The van der Waals surface area contributed by atoms with Gasteiger partial charge in [-0.15, -0.1) is 11.8 Å². The lowest BCUT2D eigenvalue weighted by atomic mass is 10.3. The van der Waals surface area contributed by atoms with Crippen LogP contribution >= 0.6 is 23.4 Å². The Kier molecular flexibility index (Phi) is 8.63. The number of urea groups is 1. The number of hydrogen-bond donors (Lipinski definition) is 2. The predicted octanol–water partition coefficient (Wildman–Crippen LogP) is 2.99. The highest BCUT2D eigenvalue weighted by Gasteiger charge is 2.20. The van der Waals surface area contributed by atoms with E-state index in [4.69, 9.17) is 16.3 Å². The first-order valence-corrected chi connectivity index (χ1v) is 8.84. The van der Waals surface area contributed by atoms with Gasteiger partial charge in [0.05, 0.1) is 11.4 Å². The molecule has 0 aromatic heterocycles. The van der Waals surface area contributed by atoms with Crippen LogP contribution in [0.2, 0.25) is 5.02 Å². The van der Waals surface area contributed by atoms with Crippen LogP contribution in [0.15, 0.2) is 29.2 Å². The molecule has 0 heterocycles. The number of carbonyl (C=O) groups excluding carboxylic acids is 3. The normalized spacial score (nSPS) is 11.7. The van der Waals surface area contributed by atoms with E-state index in [9.17, 15) is 14.4 Å². The Morgan fingerprint density at radius 1 is 1.21 bits per heavy atom. The van der Waals surface area contributed by atoms with Crippen molar-refractivity contribution in [1.82, 2.24) is 10.6 Å². The maximum atomic E-state index is 11.7. The zero-order chi connectivity index (χ0) is 18.1. The molecule has 8 heteroatoms. The van der Waals surface area contributed by atoms with Crippen molar-refractivity contribution < 1.29 is 19.1 Å². The molecule has 1 aromatic carbocycles. The first-order valence-electron chi connectivity index (χ1n) is 7.47. The first-order chi connectivity index (χ1) is 11.3. The molecule has 2 N–H and O–H groups in total. The van der Waals surface area contributed by atoms with E-state index >= 15 is 0 Å². The zero-order valence-corrected chi connectivity index (χ0v) is 15.4. The van der Waals surface area contributed by atoms with Gasteiger partial charge in [0.2, 0.25) is 0 Å². The lowest BCUT2D eigenvalue weighted by molar-refractivity contribution is -0.154. The Labute approximate surface area is 150 Å². The molecule has 0 bridgehead atoms. The monoisotopic (exact) mass is 372 g/mol. The smallest absolute Gasteiger partial charge is 0.321 e. The van der Waals surface area contributed by atoms with E-state index in [2.05, 4.69) is 10.6 Å². The summed E-state index contributed by atoms with van der Waals surface area (Å²) in [5, 5.41) is 5.25. The number of amides is 3. The second-order valence-corrected chi connectivity index (χ2v) is 6.82. The third-order valence-corrected chi connectivity index (χ3v) is 4.25. The van der Waals surface area contributed by atoms with E-state index in [1.165, 1.54) is 18.7 Å². The molecule has 3 amide bonds. The number of hydrogen-bond acceptors (Lipinski definition) is 5. The van der Waals surface area contributed by atoms with Gasteiger partial charge in [-0.2, -0.15) is 0 Å². The van der Waals surface area contributed by atoms with Crippen molar-refractivity contribution in [3.05, 3.63) is 29.3 Å². The summed E-state index contributed by atoms with van der Waals surface area (Å²) < 4.78 is 5.01. The fourth-order valence-corrected chi connectivity index (χ4v) is 2.80. The third kappa shape index (κ3) is 7.70. The third-order valence-electron chi connectivity index (χ3n) is 2.73. The van der Waals surface area contributed by atoms with Crippen molar-refractivity contribution in [3.63, 3.8) is 0 Å². The predicted molar refractivity (Wildman–Crippen MR) is 94.2 cm³/mol. The Morgan fingerprint density at radius 2 is 1.88 bits per heavy atom. The highest BCUT2D eigenvalue weighted by molar-refractivity contribution is 7.99. The summed E-state index contributed by atoms with van der Waals surface area (Å²) in [6.45, 7) is 4.95. The average molecular weight is 373 g/mol. The Balaban J connectivity index is 2.32. The molecular weight excluding hydrogens is 352 g/mol. The van der Waals surface area contributed by atoms with E-state index in [-0.39, 0.29) is 12.5 Å². The molecule has 0 spiro atoms. The number of benzene rings is 1. The van der Waals surface area contributed by atoms with Gasteiger partial charge in [-0.25, -0.2) is 4.79 Å². The van der Waals surface area contributed by atoms with E-state index in [0.29, 0.717) is 10.8 Å². The van der Waals surface area contributed by atoms with Crippen LogP contribution in [0.4, 0.5) is 4.79 Å². The zero-order valence-electron chi connectivity index (χ0n) is 13.8. The SMILES string of the molecule is CC(C)NC(=O)NC(=O)C(C)OC(=O)CCSc1ccccc1Cl. The summed E-state index contributed by atoms with van der Waals surface area (Å²) in [4.78, 5) is 35.8. The van der Waals surface area contributed by atoms with Gasteiger partial charge in [-0.3, -0.25) is 14.9 Å². The Hall–Kier alpha value is -1.73. The van der Waals surface area contributed by atoms with Gasteiger partial charge in [0.15, 0.2) is 6.10 Å². The molecule has 0 aliphatic heterocycles. The van der Waals surface area contributed by atoms with Gasteiger partial charge in [-0.05, 0) is 32.9 Å². The van der Waals surface area contributed by atoms with Crippen LogP contribution in [0, 0.1) is 0 Å². The van der Waals surface area contributed by atoms with Gasteiger partial charge in [0.25, 0.3) is 5.91 Å². The highest BCUT2D eigenvalue weighted by atomic mass is 35.5. The Morgan fingerprint density at radius 3 is 2.50 bits per heavy atom. The molecule has 0 fully saturated rings. The lowest BCUT2D eigenvalue weighted by Crippen LogP contribution is -2.46. The van der Waals surface area contributed by atoms with E-state index in [1.54, 1.807) is 19.9 Å². The molecule has 0 saturated heterocycles. The summed E-state index contributed by atoms with van der Waals surface area (Å²) >= 11 is 7.45. The number of halogens is 1. The minimum absolute atomic E-state index is 0.0995. The van der Waals surface area contributed by atoms with Crippen LogP contribution in [0.25, 0.3) is 0 Å². The maximum Gasteiger partial charge on any atom is 0.321 e. The number of esters is 1. The van der Waals surface area contributed by atoms with E-state index < -0.39 is 24.0 Å². The lowest BCUT2D eigenvalue weighted by Gasteiger charge is -2.14. The quantitative estimate of drug-likeness (QED) is 0.567. The molecule has 24 heavy (non-hydrogen) atoms. The van der Waals surface area contributed by atoms with Crippen molar-refractivity contribution >= 4 is 41.3 Å². The number of ether oxygens (including phenoxy) is 1. The largest absolute Gasteiger partial charge is 0.453 e. The molecule has 6 nitrogen and oxygen atoms in total. The number of rotatable bonds is 7. The molecular formula is C16H21ClN2O4S. The number of thioether (sulfide) groups is 1. The maximum absolute atomic E-state index is 11.7. The standard InChI is InChI=1S/C16H21ClN2O4S/c1-10(2)18-16(22)19-15(21)11(3)23-14(20)8-9-24-13-7-5-4-6-12(13)17/h4-7,10-11H,8-9H2,1-3H3,(H2,18,19,21,22). The first kappa shape index (κ1) is 20.3. The molecule has 0 aliphatic carbocycles. The van der Waals surface area contributed by atoms with Crippen molar-refractivity contribution in [3.8, 4) is 0 Å². The molecule has 1 unspecified atom stereocenters. The fraction of sp³-hybridized carbons (Fsp3) is 0.438. The number of nitrogens with one attached hydrogen (secondary N) is 2. The molecule has 1 rings (SSSR count). The van der Waals surface area contributed by atoms with Gasteiger partial charge in [-0.1, -0.05) is 23.7 Å². The average Bonchev–Trinajstić information content (AvgIpc) is 2.48. The summed E-state index contributed by atoms with van der Waals surface area (Å²) in [5.41, 5.74) is 0. The second kappa shape index (κ2) is 10.2. The van der Waals surface area contributed by atoms with Gasteiger partial charge in [0, 0.05) is 16.7 Å². The van der Waals surface area contributed by atoms with Crippen LogP contribution in [0.1, 0.15) is 27.2 Å². The molecule has 1 aromatic rings. The second-order valence-electron chi connectivity index (χ2n) is 5.28. The van der Waals surface area contributed by atoms with Crippen molar-refractivity contribution in [2.24, 2.45) is 0 Å². The van der Waals surface area contributed by atoms with E-state index in [0.717, 1.165) is 4.90 Å². The Bertz CT molecular complexity index is 595. The molecule has 0 saturated carbocycles. The molecule has 0 radical (unpaired) electrons. The van der Waals surface area contributed by atoms with Crippen molar-refractivity contribution in [1.29, 1.82) is 0 Å². The van der Waals surface area contributed by atoms with E-state index in [1.807, 2.05) is 18.2 Å². The summed E-state index contributed by atoms with van der Waals surface area (Å²) in [6.07, 6.45) is -0.910. The minimum Gasteiger partial charge on any atom is -0.453 e. The molecule has 132 valence electrons. The van der Waals surface area contributed by atoms with Gasteiger partial charge in [0.1, 0.15) is 0 Å².